The number of ether oxygens (including phenoxy) is 2. The van der Waals surface area contributed by atoms with Crippen LogP contribution in [0.25, 0.3) is 33.2 Å². The minimum atomic E-state index is -0.319. The van der Waals surface area contributed by atoms with Crippen molar-refractivity contribution >= 4 is 27.8 Å². The number of carbonyl (C=O) groups is 1. The largest absolute Gasteiger partial charge is 0.489 e. The minimum absolute atomic E-state index is 0.319. The van der Waals surface area contributed by atoms with Gasteiger partial charge in [0.1, 0.15) is 12.4 Å². The second-order valence-electron chi connectivity index (χ2n) is 9.71. The first-order valence-corrected chi connectivity index (χ1v) is 12.7. The quantitative estimate of drug-likeness (QED) is 0.245. The number of esters is 1. The number of rotatable bonds is 6. The van der Waals surface area contributed by atoms with E-state index in [2.05, 4.69) is 46.4 Å². The summed E-state index contributed by atoms with van der Waals surface area (Å²) in [5, 5.41) is 2.30. The van der Waals surface area contributed by atoms with Crippen LogP contribution < -0.4 is 4.74 Å². The number of aromatic amines is 2. The maximum Gasteiger partial charge on any atom is 0.337 e. The van der Waals surface area contributed by atoms with E-state index in [-0.39, 0.29) is 5.97 Å². The summed E-state index contributed by atoms with van der Waals surface area (Å²) in [5.74, 6) is 1.03. The van der Waals surface area contributed by atoms with Crippen LogP contribution in [0.4, 0.5) is 0 Å². The smallest absolute Gasteiger partial charge is 0.337 e. The molecule has 3 aromatic carbocycles. The SMILES string of the molecule is COC(=O)c1ccc2c(C3CCCCC3)c(-c3cc4cc(OCc5ccccc5)ccc4[nH]3)[nH]c2c1. The first kappa shape index (κ1) is 22.5. The molecule has 5 aromatic rings. The van der Waals surface area contributed by atoms with Gasteiger partial charge in [0.05, 0.1) is 24.1 Å². The number of H-pyrrole nitrogens is 2. The van der Waals surface area contributed by atoms with Crippen molar-refractivity contribution in [3.63, 3.8) is 0 Å². The van der Waals surface area contributed by atoms with E-state index in [1.165, 1.54) is 50.2 Å². The van der Waals surface area contributed by atoms with Crippen molar-refractivity contribution < 1.29 is 14.3 Å². The molecule has 36 heavy (non-hydrogen) atoms. The zero-order chi connectivity index (χ0) is 24.5. The maximum atomic E-state index is 12.2. The van der Waals surface area contributed by atoms with Crippen molar-refractivity contribution in [2.24, 2.45) is 0 Å². The van der Waals surface area contributed by atoms with Gasteiger partial charge >= 0.3 is 5.97 Å². The number of nitrogens with one attached hydrogen (secondary N) is 2. The highest BCUT2D eigenvalue weighted by molar-refractivity contribution is 5.99. The van der Waals surface area contributed by atoms with Gasteiger partial charge in [0.25, 0.3) is 0 Å². The van der Waals surface area contributed by atoms with Gasteiger partial charge in [-0.3, -0.25) is 0 Å². The standard InChI is InChI=1S/C31H30N2O3/c1-35-31(34)22-12-14-25-27(17-22)33-30(29(25)21-10-6-3-7-11-21)28-18-23-16-24(13-15-26(23)32-28)36-19-20-8-4-2-5-9-20/h2,4-5,8-9,12-18,21,32-33H,3,6-7,10-11,19H2,1H3. The zero-order valence-electron chi connectivity index (χ0n) is 20.5. The number of aromatic nitrogens is 2. The molecule has 5 nitrogen and oxygen atoms in total. The fraction of sp³-hybridized carbons (Fsp3) is 0.258. The number of methoxy groups -OCH3 is 1. The van der Waals surface area contributed by atoms with Crippen LogP contribution in [0, 0.1) is 0 Å². The van der Waals surface area contributed by atoms with Crippen molar-refractivity contribution in [1.82, 2.24) is 9.97 Å². The Bertz CT molecular complexity index is 1520. The van der Waals surface area contributed by atoms with E-state index in [1.54, 1.807) is 0 Å². The summed E-state index contributed by atoms with van der Waals surface area (Å²) in [6.07, 6.45) is 6.20. The lowest BCUT2D eigenvalue weighted by Crippen LogP contribution is -2.05. The first-order valence-electron chi connectivity index (χ1n) is 12.7. The van der Waals surface area contributed by atoms with Gasteiger partial charge in [-0.1, -0.05) is 55.7 Å². The average molecular weight is 479 g/mol. The third-order valence-corrected chi connectivity index (χ3v) is 7.38. The van der Waals surface area contributed by atoms with Crippen molar-refractivity contribution in [2.45, 2.75) is 44.6 Å². The molecule has 1 saturated carbocycles. The molecule has 1 aliphatic rings. The highest BCUT2D eigenvalue weighted by atomic mass is 16.5. The average Bonchev–Trinajstić information content (AvgIpc) is 3.53. The molecule has 1 fully saturated rings. The molecule has 2 N–H and O–H groups in total. The molecule has 0 atom stereocenters. The van der Waals surface area contributed by atoms with Crippen molar-refractivity contribution in [1.29, 1.82) is 0 Å². The van der Waals surface area contributed by atoms with Gasteiger partial charge in [-0.15, -0.1) is 0 Å². The monoisotopic (exact) mass is 478 g/mol. The van der Waals surface area contributed by atoms with Crippen LogP contribution in [0.2, 0.25) is 0 Å². The summed E-state index contributed by atoms with van der Waals surface area (Å²) in [4.78, 5) is 19.4. The molecule has 1 aliphatic carbocycles. The molecule has 0 spiro atoms. The van der Waals surface area contributed by atoms with E-state index in [1.807, 2.05) is 36.4 Å². The molecule has 0 amide bonds. The van der Waals surface area contributed by atoms with Crippen LogP contribution in [0.15, 0.2) is 72.8 Å². The number of hydrogen-bond acceptors (Lipinski definition) is 3. The number of hydrogen-bond donors (Lipinski definition) is 2. The second-order valence-corrected chi connectivity index (χ2v) is 9.71. The van der Waals surface area contributed by atoms with E-state index in [4.69, 9.17) is 9.47 Å². The Morgan fingerprint density at radius 2 is 1.72 bits per heavy atom. The van der Waals surface area contributed by atoms with E-state index in [9.17, 15) is 4.79 Å². The summed E-state index contributed by atoms with van der Waals surface area (Å²) < 4.78 is 11.0. The first-order chi connectivity index (χ1) is 17.7. The highest BCUT2D eigenvalue weighted by Gasteiger charge is 2.25. The number of fused-ring (bicyclic) bond motifs is 2. The predicted molar refractivity (Wildman–Crippen MR) is 144 cm³/mol. The summed E-state index contributed by atoms with van der Waals surface area (Å²) >= 11 is 0. The van der Waals surface area contributed by atoms with Crippen molar-refractivity contribution in [2.75, 3.05) is 7.11 Å². The van der Waals surface area contributed by atoms with Gasteiger partial charge in [-0.25, -0.2) is 4.79 Å². The summed E-state index contributed by atoms with van der Waals surface area (Å²) in [5.41, 5.74) is 7.27. The Hall–Kier alpha value is -3.99. The van der Waals surface area contributed by atoms with E-state index >= 15 is 0 Å². The normalized spacial score (nSPS) is 14.4. The van der Waals surface area contributed by atoms with Gasteiger partial charge in [0.15, 0.2) is 0 Å². The lowest BCUT2D eigenvalue weighted by molar-refractivity contribution is 0.0601. The van der Waals surface area contributed by atoms with Crippen LogP contribution in [-0.2, 0) is 11.3 Å². The molecule has 0 unspecified atom stereocenters. The van der Waals surface area contributed by atoms with Crippen molar-refractivity contribution in [3.05, 3.63) is 89.5 Å². The van der Waals surface area contributed by atoms with E-state index in [0.717, 1.165) is 39.1 Å². The molecule has 6 rings (SSSR count). The Labute approximate surface area is 210 Å². The molecule has 0 bridgehead atoms. The minimum Gasteiger partial charge on any atom is -0.489 e. The summed E-state index contributed by atoms with van der Waals surface area (Å²) in [7, 11) is 1.42. The molecule has 2 heterocycles. The van der Waals surface area contributed by atoms with Gasteiger partial charge < -0.3 is 19.4 Å². The fourth-order valence-electron chi connectivity index (χ4n) is 5.57. The zero-order valence-corrected chi connectivity index (χ0v) is 20.5. The van der Waals surface area contributed by atoms with Gasteiger partial charge in [-0.05, 0) is 66.3 Å². The highest BCUT2D eigenvalue weighted by Crippen LogP contribution is 2.43. The van der Waals surface area contributed by atoms with Crippen LogP contribution in [-0.4, -0.2) is 23.0 Å². The Balaban J connectivity index is 1.39. The molecular weight excluding hydrogens is 448 g/mol. The Morgan fingerprint density at radius 3 is 2.53 bits per heavy atom. The third kappa shape index (κ3) is 4.26. The fourth-order valence-corrected chi connectivity index (χ4v) is 5.57. The molecule has 0 radical (unpaired) electrons. The topological polar surface area (TPSA) is 67.1 Å². The lowest BCUT2D eigenvalue weighted by atomic mass is 9.82. The van der Waals surface area contributed by atoms with Crippen LogP contribution in [0.3, 0.4) is 0 Å². The van der Waals surface area contributed by atoms with Gasteiger partial charge in [0, 0.05) is 21.8 Å². The molecule has 0 saturated heterocycles. The van der Waals surface area contributed by atoms with Gasteiger partial charge in [-0.2, -0.15) is 0 Å². The second kappa shape index (κ2) is 9.57. The molecular formula is C31H30N2O3. The predicted octanol–water partition coefficient (Wildman–Crippen LogP) is 7.73. The van der Waals surface area contributed by atoms with Crippen LogP contribution in [0.5, 0.6) is 5.75 Å². The molecule has 182 valence electrons. The van der Waals surface area contributed by atoms with E-state index in [0.29, 0.717) is 18.1 Å². The Morgan fingerprint density at radius 1 is 0.889 bits per heavy atom. The number of benzene rings is 3. The van der Waals surface area contributed by atoms with Crippen LogP contribution >= 0.6 is 0 Å². The Kier molecular flexibility index (Phi) is 5.98. The number of carbonyl (C=O) groups excluding carboxylic acids is 1. The summed E-state index contributed by atoms with van der Waals surface area (Å²) in [6, 6.07) is 24.5. The van der Waals surface area contributed by atoms with E-state index < -0.39 is 0 Å². The maximum absolute atomic E-state index is 12.2. The summed E-state index contributed by atoms with van der Waals surface area (Å²) in [6.45, 7) is 0.542. The molecule has 0 aliphatic heterocycles. The molecule has 5 heteroatoms. The molecule has 2 aromatic heterocycles. The third-order valence-electron chi connectivity index (χ3n) is 7.38. The lowest BCUT2D eigenvalue weighted by Gasteiger charge is -2.22. The van der Waals surface area contributed by atoms with Crippen molar-refractivity contribution in [3.8, 4) is 17.1 Å². The van der Waals surface area contributed by atoms with Gasteiger partial charge in [0.2, 0.25) is 0 Å². The van der Waals surface area contributed by atoms with Crippen LogP contribution in [0.1, 0.15) is 59.5 Å².